The van der Waals surface area contributed by atoms with Gasteiger partial charge < -0.3 is 5.32 Å². The van der Waals surface area contributed by atoms with E-state index in [0.717, 1.165) is 10.7 Å². The van der Waals surface area contributed by atoms with E-state index < -0.39 is 0 Å². The van der Waals surface area contributed by atoms with Crippen LogP contribution >= 0.6 is 11.3 Å². The number of Topliss-reactive ketones (excluding diaryl/α,β-unsaturated/α-hetero) is 1. The predicted molar refractivity (Wildman–Crippen MR) is 92.9 cm³/mol. The Bertz CT molecular complexity index is 694. The summed E-state index contributed by atoms with van der Waals surface area (Å²) in [5.74, 6) is -0.0791. The van der Waals surface area contributed by atoms with Crippen molar-refractivity contribution < 1.29 is 9.59 Å². The summed E-state index contributed by atoms with van der Waals surface area (Å²) in [7, 11) is 1.90. The summed E-state index contributed by atoms with van der Waals surface area (Å²) in [6.45, 7) is 5.97. The Morgan fingerprint density at radius 3 is 2.48 bits per heavy atom. The number of anilines is 1. The fourth-order valence-corrected chi connectivity index (χ4v) is 2.71. The molecule has 0 saturated carbocycles. The first-order chi connectivity index (χ1) is 10.9. The van der Waals surface area contributed by atoms with E-state index in [0.29, 0.717) is 17.8 Å². The molecule has 0 aliphatic heterocycles. The number of benzene rings is 1. The number of nitrogens with one attached hydrogen (secondary N) is 1. The van der Waals surface area contributed by atoms with Gasteiger partial charge in [-0.1, -0.05) is 0 Å². The number of nitrogens with zero attached hydrogens (tertiary/aromatic N) is 2. The number of ketones is 1. The Hall–Kier alpha value is -2.05. The van der Waals surface area contributed by atoms with Gasteiger partial charge in [0.25, 0.3) is 0 Å². The first-order valence-electron chi connectivity index (χ1n) is 7.40. The Morgan fingerprint density at radius 2 is 1.96 bits per heavy atom. The summed E-state index contributed by atoms with van der Waals surface area (Å²) in [4.78, 5) is 30.0. The fraction of sp³-hybridized carbons (Fsp3) is 0.353. The summed E-state index contributed by atoms with van der Waals surface area (Å²) in [5, 5.41) is 5.91. The first-order valence-corrected chi connectivity index (χ1v) is 8.28. The van der Waals surface area contributed by atoms with Crippen molar-refractivity contribution in [1.29, 1.82) is 0 Å². The number of amides is 1. The molecule has 0 bridgehead atoms. The van der Waals surface area contributed by atoms with Crippen LogP contribution in [-0.4, -0.2) is 34.7 Å². The second-order valence-electron chi connectivity index (χ2n) is 5.57. The smallest absolute Gasteiger partial charge is 0.241 e. The second-order valence-corrected chi connectivity index (χ2v) is 6.63. The highest BCUT2D eigenvalue weighted by atomic mass is 32.1. The number of carbonyl (C=O) groups excluding carboxylic acids is 2. The highest BCUT2D eigenvalue weighted by molar-refractivity contribution is 7.09. The molecule has 0 aliphatic rings. The molecule has 6 heteroatoms. The lowest BCUT2D eigenvalue weighted by Crippen LogP contribution is -2.39. The summed E-state index contributed by atoms with van der Waals surface area (Å²) < 4.78 is 0. The number of likely N-dealkylation sites (N-methyl/N-ethyl adjacent to an activating group) is 1. The summed E-state index contributed by atoms with van der Waals surface area (Å²) in [6.07, 6.45) is 0. The van der Waals surface area contributed by atoms with Gasteiger partial charge in [-0.25, -0.2) is 4.98 Å². The molecule has 0 fully saturated rings. The topological polar surface area (TPSA) is 62.3 Å². The molecule has 0 saturated heterocycles. The first kappa shape index (κ1) is 17.3. The highest BCUT2D eigenvalue weighted by Crippen LogP contribution is 2.14. The molecule has 1 aromatic heterocycles. The van der Waals surface area contributed by atoms with Crippen molar-refractivity contribution in [1.82, 2.24) is 9.88 Å². The molecule has 1 heterocycles. The van der Waals surface area contributed by atoms with Gasteiger partial charge in [-0.3, -0.25) is 14.5 Å². The van der Waals surface area contributed by atoms with Crippen molar-refractivity contribution >= 4 is 28.7 Å². The number of aryl methyl sites for hydroxylation is 1. The van der Waals surface area contributed by atoms with Gasteiger partial charge in [0.2, 0.25) is 5.91 Å². The van der Waals surface area contributed by atoms with Gasteiger partial charge in [0.05, 0.1) is 16.7 Å². The molecule has 2 rings (SSSR count). The lowest BCUT2D eigenvalue weighted by Gasteiger charge is -2.23. The van der Waals surface area contributed by atoms with Crippen molar-refractivity contribution in [2.24, 2.45) is 0 Å². The molecule has 1 aromatic carbocycles. The molecule has 0 radical (unpaired) electrons. The molecular formula is C17H21N3O2S. The maximum absolute atomic E-state index is 12.3. The zero-order valence-corrected chi connectivity index (χ0v) is 14.6. The Balaban J connectivity index is 1.94. The highest BCUT2D eigenvalue weighted by Gasteiger charge is 2.19. The molecule has 1 atom stereocenters. The minimum absolute atomic E-state index is 0.00883. The second kappa shape index (κ2) is 7.48. The minimum atomic E-state index is -0.288. The maximum Gasteiger partial charge on any atom is 0.241 e. The third-order valence-electron chi connectivity index (χ3n) is 3.68. The van der Waals surface area contributed by atoms with Crippen LogP contribution in [0.2, 0.25) is 0 Å². The van der Waals surface area contributed by atoms with E-state index >= 15 is 0 Å². The van der Waals surface area contributed by atoms with Crippen LogP contribution in [0.15, 0.2) is 29.6 Å². The maximum atomic E-state index is 12.3. The summed E-state index contributed by atoms with van der Waals surface area (Å²) >= 11 is 1.61. The fourth-order valence-electron chi connectivity index (χ4n) is 2.11. The van der Waals surface area contributed by atoms with Gasteiger partial charge in [-0.2, -0.15) is 0 Å². The molecule has 0 aliphatic carbocycles. The molecular weight excluding hydrogens is 310 g/mol. The van der Waals surface area contributed by atoms with Crippen LogP contribution < -0.4 is 5.32 Å². The lowest BCUT2D eigenvalue weighted by molar-refractivity contribution is -0.120. The summed E-state index contributed by atoms with van der Waals surface area (Å²) in [5.41, 5.74) is 2.29. The SMILES string of the molecule is CC(=O)c1ccc(NC(=O)C(C)N(C)Cc2csc(C)n2)cc1. The molecule has 23 heavy (non-hydrogen) atoms. The van der Waals surface area contributed by atoms with Crippen LogP contribution in [0.3, 0.4) is 0 Å². The largest absolute Gasteiger partial charge is 0.325 e. The zero-order valence-electron chi connectivity index (χ0n) is 13.8. The number of rotatable bonds is 6. The van der Waals surface area contributed by atoms with E-state index in [1.165, 1.54) is 6.92 Å². The molecule has 0 spiro atoms. The van der Waals surface area contributed by atoms with Crippen molar-refractivity contribution in [2.45, 2.75) is 33.4 Å². The molecule has 1 unspecified atom stereocenters. The Labute approximate surface area is 140 Å². The minimum Gasteiger partial charge on any atom is -0.325 e. The van der Waals surface area contributed by atoms with Crippen molar-refractivity contribution in [3.63, 3.8) is 0 Å². The quantitative estimate of drug-likeness (QED) is 0.826. The van der Waals surface area contributed by atoms with E-state index in [1.54, 1.807) is 35.6 Å². The average Bonchev–Trinajstić information content (AvgIpc) is 2.92. The van der Waals surface area contributed by atoms with Crippen molar-refractivity contribution in [3.05, 3.63) is 45.9 Å². The predicted octanol–water partition coefficient (Wildman–Crippen LogP) is 3.11. The van der Waals surface area contributed by atoms with E-state index in [-0.39, 0.29) is 17.7 Å². The third-order valence-corrected chi connectivity index (χ3v) is 4.50. The van der Waals surface area contributed by atoms with Crippen LogP contribution in [0.5, 0.6) is 0 Å². The monoisotopic (exact) mass is 331 g/mol. The van der Waals surface area contributed by atoms with Crippen LogP contribution in [-0.2, 0) is 11.3 Å². The molecule has 1 amide bonds. The Morgan fingerprint density at radius 1 is 1.30 bits per heavy atom. The van der Waals surface area contributed by atoms with E-state index in [1.807, 2.05) is 31.2 Å². The van der Waals surface area contributed by atoms with Crippen molar-refractivity contribution in [3.8, 4) is 0 Å². The van der Waals surface area contributed by atoms with Crippen LogP contribution in [0.25, 0.3) is 0 Å². The van der Waals surface area contributed by atoms with E-state index in [4.69, 9.17) is 0 Å². The average molecular weight is 331 g/mol. The van der Waals surface area contributed by atoms with Gasteiger partial charge in [-0.05, 0) is 52.1 Å². The number of carbonyl (C=O) groups is 2. The van der Waals surface area contributed by atoms with E-state index in [9.17, 15) is 9.59 Å². The number of aromatic nitrogens is 1. The molecule has 1 N–H and O–H groups in total. The van der Waals surface area contributed by atoms with Crippen LogP contribution in [0, 0.1) is 6.92 Å². The van der Waals surface area contributed by atoms with Crippen molar-refractivity contribution in [2.75, 3.05) is 12.4 Å². The molecule has 5 nitrogen and oxygen atoms in total. The number of hydrogen-bond acceptors (Lipinski definition) is 5. The van der Waals surface area contributed by atoms with Gasteiger partial charge in [0.15, 0.2) is 5.78 Å². The van der Waals surface area contributed by atoms with Gasteiger partial charge in [0, 0.05) is 23.2 Å². The van der Waals surface area contributed by atoms with Crippen LogP contribution in [0.1, 0.15) is 34.9 Å². The zero-order chi connectivity index (χ0) is 17.0. The lowest BCUT2D eigenvalue weighted by atomic mass is 10.1. The summed E-state index contributed by atoms with van der Waals surface area (Å²) in [6, 6.07) is 6.62. The third kappa shape index (κ3) is 4.71. The molecule has 2 aromatic rings. The van der Waals surface area contributed by atoms with Crippen LogP contribution in [0.4, 0.5) is 5.69 Å². The van der Waals surface area contributed by atoms with Gasteiger partial charge in [-0.15, -0.1) is 11.3 Å². The standard InChI is InChI=1S/C17H21N3O2S/c1-11(20(4)9-16-10-23-13(3)18-16)17(22)19-15-7-5-14(6-8-15)12(2)21/h5-8,10-11H,9H2,1-4H3,(H,19,22). The number of hydrogen-bond donors (Lipinski definition) is 1. The van der Waals surface area contributed by atoms with Gasteiger partial charge in [0.1, 0.15) is 0 Å². The van der Waals surface area contributed by atoms with E-state index in [2.05, 4.69) is 10.3 Å². The normalized spacial score (nSPS) is 12.2. The number of thiazole rings is 1. The Kier molecular flexibility index (Phi) is 5.63. The molecule has 122 valence electrons. The van der Waals surface area contributed by atoms with Gasteiger partial charge >= 0.3 is 0 Å².